The molecular weight excluding hydrogens is 498 g/mol. The Morgan fingerprint density at radius 3 is 1.92 bits per heavy atom. The Morgan fingerprint density at radius 2 is 1.44 bits per heavy atom. The third kappa shape index (κ3) is 12.5. The molecule has 0 unspecified atom stereocenters. The van der Waals surface area contributed by atoms with Crippen LogP contribution in [0.5, 0.6) is 0 Å². The number of aromatic nitrogens is 1. The van der Waals surface area contributed by atoms with Gasteiger partial charge in [0.05, 0.1) is 12.7 Å². The first-order chi connectivity index (χ1) is 16.7. The van der Waals surface area contributed by atoms with Gasteiger partial charge >= 0.3 is 24.3 Å². The molecule has 200 valence electrons. The summed E-state index contributed by atoms with van der Waals surface area (Å²) in [5.41, 5.74) is 2.60. The van der Waals surface area contributed by atoms with E-state index in [-0.39, 0.29) is 0 Å². The van der Waals surface area contributed by atoms with Gasteiger partial charge in [-0.2, -0.15) is 26.3 Å². The number of aliphatic carboxylic acids is 2. The Labute approximate surface area is 203 Å². The lowest BCUT2D eigenvalue weighted by Gasteiger charge is -2.36. The summed E-state index contributed by atoms with van der Waals surface area (Å²) in [6, 6.07) is 14.8. The molecule has 1 fully saturated rings. The summed E-state index contributed by atoms with van der Waals surface area (Å²) in [5.74, 6) is -4.96. The number of alkyl halides is 6. The Hall–Kier alpha value is -3.19. The first-order valence-electron chi connectivity index (χ1n) is 10.5. The number of likely N-dealkylation sites (tertiary alicyclic amines) is 1. The third-order valence-corrected chi connectivity index (χ3v) is 4.91. The molecule has 1 aliphatic rings. The van der Waals surface area contributed by atoms with E-state index >= 15 is 0 Å². The van der Waals surface area contributed by atoms with E-state index in [2.05, 4.69) is 47.3 Å². The van der Waals surface area contributed by atoms with Gasteiger partial charge in [-0.15, -0.1) is 0 Å². The average molecular weight is 524 g/mol. The van der Waals surface area contributed by atoms with Gasteiger partial charge in [0.15, 0.2) is 0 Å². The number of piperidine rings is 1. The molecule has 36 heavy (non-hydrogen) atoms. The van der Waals surface area contributed by atoms with Crippen LogP contribution in [0, 0.1) is 5.92 Å². The molecule has 0 radical (unpaired) electrons. The highest BCUT2D eigenvalue weighted by Crippen LogP contribution is 2.24. The van der Waals surface area contributed by atoms with Crippen LogP contribution in [0.25, 0.3) is 0 Å². The van der Waals surface area contributed by atoms with Gasteiger partial charge in [-0.25, -0.2) is 9.59 Å². The Morgan fingerprint density at radius 1 is 0.944 bits per heavy atom. The molecule has 2 N–H and O–H groups in total. The number of pyridine rings is 1. The maximum absolute atomic E-state index is 10.6. The van der Waals surface area contributed by atoms with Crippen molar-refractivity contribution in [3.8, 4) is 0 Å². The molecule has 7 nitrogen and oxygen atoms in total. The van der Waals surface area contributed by atoms with Crippen molar-refractivity contribution < 1.29 is 50.9 Å². The molecule has 1 aromatic heterocycles. The second-order valence-corrected chi connectivity index (χ2v) is 7.81. The zero-order valence-corrected chi connectivity index (χ0v) is 19.2. The molecule has 2 atom stereocenters. The summed E-state index contributed by atoms with van der Waals surface area (Å²) >= 11 is 0. The van der Waals surface area contributed by atoms with Crippen molar-refractivity contribution in [3.63, 3.8) is 0 Å². The lowest BCUT2D eigenvalue weighted by molar-refractivity contribution is -0.193. The van der Waals surface area contributed by atoms with Gasteiger partial charge in [0, 0.05) is 31.4 Å². The molecule has 0 bridgehead atoms. The first kappa shape index (κ1) is 30.8. The number of nitrogens with zero attached hydrogens (tertiary/aromatic N) is 2. The summed E-state index contributed by atoms with van der Waals surface area (Å²) < 4.78 is 69.7. The minimum Gasteiger partial charge on any atom is -0.475 e. The molecular formula is C23H26F6N2O5. The quantitative estimate of drug-likeness (QED) is 0.559. The highest BCUT2D eigenvalue weighted by atomic mass is 19.4. The van der Waals surface area contributed by atoms with E-state index in [4.69, 9.17) is 24.5 Å². The number of hydrogen-bond acceptors (Lipinski definition) is 5. The van der Waals surface area contributed by atoms with Crippen molar-refractivity contribution in [3.05, 3.63) is 66.0 Å². The summed E-state index contributed by atoms with van der Waals surface area (Å²) in [4.78, 5) is 24.3. The molecule has 1 saturated heterocycles. The van der Waals surface area contributed by atoms with Crippen LogP contribution in [-0.2, 0) is 27.4 Å². The van der Waals surface area contributed by atoms with Crippen molar-refractivity contribution in [2.45, 2.75) is 37.9 Å². The van der Waals surface area contributed by atoms with Gasteiger partial charge in [-0.05, 0) is 43.1 Å². The molecule has 0 saturated carbocycles. The zero-order chi connectivity index (χ0) is 27.4. The molecule has 1 aromatic carbocycles. The van der Waals surface area contributed by atoms with E-state index < -0.39 is 24.3 Å². The molecule has 2 aromatic rings. The van der Waals surface area contributed by atoms with Gasteiger partial charge in [-0.3, -0.25) is 4.98 Å². The maximum atomic E-state index is 10.6. The fourth-order valence-corrected chi connectivity index (χ4v) is 3.21. The van der Waals surface area contributed by atoms with E-state index in [9.17, 15) is 26.3 Å². The number of hydrogen-bond donors (Lipinski definition) is 2. The Balaban J connectivity index is 0.000000383. The Kier molecular flexibility index (Phi) is 12.3. The lowest BCUT2D eigenvalue weighted by atomic mass is 9.89. The Bertz CT molecular complexity index is 902. The number of ether oxygens (including phenoxy) is 1. The summed E-state index contributed by atoms with van der Waals surface area (Å²) in [7, 11) is 2.21. The highest BCUT2D eigenvalue weighted by Gasteiger charge is 2.38. The van der Waals surface area contributed by atoms with E-state index in [1.807, 2.05) is 24.5 Å². The standard InChI is InChI=1S/C19H24N2O.2C2HF3O2/c1-21-12-9-19(22-15-17-7-10-20-11-8-17)18(14-21)13-16-5-3-2-4-6-16;2*3-2(4,5)1(6)7/h2-8,10-11,18-19H,9,12-15H2,1H3;2*(H,6,7)/t18-,19+;;/m0../s1. The molecule has 0 amide bonds. The molecule has 2 heterocycles. The van der Waals surface area contributed by atoms with Gasteiger partial charge < -0.3 is 19.8 Å². The first-order valence-corrected chi connectivity index (χ1v) is 10.5. The van der Waals surface area contributed by atoms with Gasteiger partial charge in [-0.1, -0.05) is 30.3 Å². The minimum absolute atomic E-state index is 0.338. The molecule has 3 rings (SSSR count). The SMILES string of the molecule is CN1CC[C@@H](OCc2ccncc2)[C@@H](Cc2ccccc2)C1.O=C(O)C(F)(F)F.O=C(O)C(F)(F)F. The van der Waals surface area contributed by atoms with Crippen molar-refractivity contribution in [1.29, 1.82) is 0 Å². The molecule has 0 aliphatic carbocycles. The van der Waals surface area contributed by atoms with Crippen LogP contribution in [0.15, 0.2) is 54.9 Å². The minimum atomic E-state index is -5.08. The van der Waals surface area contributed by atoms with Gasteiger partial charge in [0.1, 0.15) is 0 Å². The predicted molar refractivity (Wildman–Crippen MR) is 116 cm³/mol. The zero-order valence-electron chi connectivity index (χ0n) is 19.2. The van der Waals surface area contributed by atoms with Crippen LogP contribution in [0.3, 0.4) is 0 Å². The van der Waals surface area contributed by atoms with E-state index in [1.54, 1.807) is 0 Å². The second kappa shape index (κ2) is 14.4. The average Bonchev–Trinajstić information content (AvgIpc) is 2.79. The van der Waals surface area contributed by atoms with E-state index in [1.165, 1.54) is 11.1 Å². The van der Waals surface area contributed by atoms with Crippen LogP contribution in [-0.4, -0.2) is 70.6 Å². The molecule has 0 spiro atoms. The fraction of sp³-hybridized carbons (Fsp3) is 0.435. The fourth-order valence-electron chi connectivity index (χ4n) is 3.21. The molecule has 13 heteroatoms. The summed E-state index contributed by atoms with van der Waals surface area (Å²) in [6.07, 6.45) is -3.97. The largest absolute Gasteiger partial charge is 0.490 e. The number of benzene rings is 1. The topological polar surface area (TPSA) is 100.0 Å². The normalized spacial score (nSPS) is 18.2. The summed E-state index contributed by atoms with van der Waals surface area (Å²) in [6.45, 7) is 2.91. The van der Waals surface area contributed by atoms with Crippen LogP contribution in [0.4, 0.5) is 26.3 Å². The number of rotatable bonds is 5. The van der Waals surface area contributed by atoms with Gasteiger partial charge in [0.25, 0.3) is 0 Å². The molecule has 1 aliphatic heterocycles. The van der Waals surface area contributed by atoms with Crippen LogP contribution in [0.2, 0.25) is 0 Å². The van der Waals surface area contributed by atoms with Gasteiger partial charge in [0.2, 0.25) is 0 Å². The monoisotopic (exact) mass is 524 g/mol. The highest BCUT2D eigenvalue weighted by molar-refractivity contribution is 5.73. The predicted octanol–water partition coefficient (Wildman–Crippen LogP) is 4.43. The summed E-state index contributed by atoms with van der Waals surface area (Å²) in [5, 5.41) is 14.2. The van der Waals surface area contributed by atoms with Crippen molar-refractivity contribution in [1.82, 2.24) is 9.88 Å². The third-order valence-electron chi connectivity index (χ3n) is 4.91. The van der Waals surface area contributed by atoms with Crippen molar-refractivity contribution in [2.24, 2.45) is 5.92 Å². The van der Waals surface area contributed by atoms with E-state index in [0.29, 0.717) is 18.6 Å². The van der Waals surface area contributed by atoms with Crippen LogP contribution < -0.4 is 0 Å². The number of carboxylic acid groups (broad SMARTS) is 2. The smallest absolute Gasteiger partial charge is 0.475 e. The van der Waals surface area contributed by atoms with Crippen molar-refractivity contribution >= 4 is 11.9 Å². The second-order valence-electron chi connectivity index (χ2n) is 7.81. The van der Waals surface area contributed by atoms with Crippen LogP contribution >= 0.6 is 0 Å². The number of carboxylic acids is 2. The van der Waals surface area contributed by atoms with E-state index in [0.717, 1.165) is 25.9 Å². The van der Waals surface area contributed by atoms with Crippen molar-refractivity contribution in [2.75, 3.05) is 20.1 Å². The maximum Gasteiger partial charge on any atom is 0.490 e. The lowest BCUT2D eigenvalue weighted by Crippen LogP contribution is -2.43. The van der Waals surface area contributed by atoms with Crippen LogP contribution in [0.1, 0.15) is 17.5 Å². The number of halogens is 6. The number of carbonyl (C=O) groups is 2.